The molecule has 0 radical (unpaired) electrons. The van der Waals surface area contributed by atoms with Crippen molar-refractivity contribution in [1.29, 1.82) is 0 Å². The van der Waals surface area contributed by atoms with Gasteiger partial charge in [0.2, 0.25) is 0 Å². The van der Waals surface area contributed by atoms with Gasteiger partial charge in [-0.1, -0.05) is 12.5 Å². The van der Waals surface area contributed by atoms with Gasteiger partial charge in [-0.25, -0.2) is 0 Å². The van der Waals surface area contributed by atoms with E-state index in [4.69, 9.17) is 0 Å². The minimum atomic E-state index is -0.353. The second kappa shape index (κ2) is 5.52. The highest BCUT2D eigenvalue weighted by molar-refractivity contribution is 7.99. The molecule has 0 aliphatic heterocycles. The Hall–Kier alpha value is -1.36. The summed E-state index contributed by atoms with van der Waals surface area (Å²) in [6.45, 7) is 0. The van der Waals surface area contributed by atoms with E-state index < -0.39 is 0 Å². The molecule has 2 unspecified atom stereocenters. The van der Waals surface area contributed by atoms with Crippen LogP contribution in [-0.2, 0) is 0 Å². The predicted molar refractivity (Wildman–Crippen MR) is 72.2 cm³/mol. The maximum atomic E-state index is 12.0. The van der Waals surface area contributed by atoms with Gasteiger partial charge in [-0.15, -0.1) is 0 Å². The Balaban J connectivity index is 2.10. The van der Waals surface area contributed by atoms with Crippen LogP contribution >= 0.6 is 11.8 Å². The fourth-order valence-electron chi connectivity index (χ4n) is 2.33. The van der Waals surface area contributed by atoms with Gasteiger partial charge in [0.15, 0.2) is 11.5 Å². The Morgan fingerprint density at radius 2 is 2.17 bits per heavy atom. The molecule has 0 bridgehead atoms. The third-order valence-electron chi connectivity index (χ3n) is 3.33. The van der Waals surface area contributed by atoms with Crippen LogP contribution < -0.4 is 5.32 Å². The van der Waals surface area contributed by atoms with E-state index in [0.29, 0.717) is 5.25 Å². The number of amides is 1. The van der Waals surface area contributed by atoms with Crippen molar-refractivity contribution >= 4 is 17.7 Å². The minimum absolute atomic E-state index is 0.127. The summed E-state index contributed by atoms with van der Waals surface area (Å²) < 4.78 is 0. The molecule has 0 saturated heterocycles. The minimum Gasteiger partial charge on any atom is -0.504 e. The molecule has 5 heteroatoms. The zero-order valence-corrected chi connectivity index (χ0v) is 11.0. The van der Waals surface area contributed by atoms with Crippen LogP contribution in [0.1, 0.15) is 29.6 Å². The Morgan fingerprint density at radius 1 is 1.39 bits per heavy atom. The van der Waals surface area contributed by atoms with E-state index in [-0.39, 0.29) is 29.0 Å². The standard InChI is InChI=1S/C13H17NO3S/c1-18-11-7-3-5-9(11)14-13(17)8-4-2-6-10(15)12(8)16/h2,4,6,9,11,15-16H,3,5,7H2,1H3,(H,14,17). The summed E-state index contributed by atoms with van der Waals surface area (Å²) in [7, 11) is 0. The molecule has 0 aromatic heterocycles. The van der Waals surface area contributed by atoms with Gasteiger partial charge >= 0.3 is 0 Å². The van der Waals surface area contributed by atoms with Crippen LogP contribution in [-0.4, -0.2) is 33.7 Å². The summed E-state index contributed by atoms with van der Waals surface area (Å²) in [5.74, 6) is -0.946. The normalized spacial score (nSPS) is 22.9. The van der Waals surface area contributed by atoms with Crippen LogP contribution in [0.15, 0.2) is 18.2 Å². The molecule has 2 atom stereocenters. The van der Waals surface area contributed by atoms with Gasteiger partial charge in [0.25, 0.3) is 5.91 Å². The van der Waals surface area contributed by atoms with Crippen molar-refractivity contribution in [2.45, 2.75) is 30.6 Å². The van der Waals surface area contributed by atoms with Crippen molar-refractivity contribution in [1.82, 2.24) is 5.32 Å². The summed E-state index contributed by atoms with van der Waals surface area (Å²) in [5.41, 5.74) is 0.127. The number of hydrogen-bond acceptors (Lipinski definition) is 4. The van der Waals surface area contributed by atoms with Crippen LogP contribution in [0.4, 0.5) is 0 Å². The van der Waals surface area contributed by atoms with E-state index in [9.17, 15) is 15.0 Å². The van der Waals surface area contributed by atoms with Crippen LogP contribution in [0.5, 0.6) is 11.5 Å². The predicted octanol–water partition coefficient (Wildman–Crippen LogP) is 2.11. The number of carbonyl (C=O) groups is 1. The van der Waals surface area contributed by atoms with E-state index in [0.717, 1.165) is 19.3 Å². The van der Waals surface area contributed by atoms with Crippen molar-refractivity contribution < 1.29 is 15.0 Å². The van der Waals surface area contributed by atoms with Crippen molar-refractivity contribution in [3.63, 3.8) is 0 Å². The lowest BCUT2D eigenvalue weighted by atomic mass is 10.1. The molecule has 18 heavy (non-hydrogen) atoms. The third-order valence-corrected chi connectivity index (χ3v) is 4.50. The van der Waals surface area contributed by atoms with Gasteiger partial charge in [-0.2, -0.15) is 11.8 Å². The SMILES string of the molecule is CSC1CCCC1NC(=O)c1cccc(O)c1O. The second-order valence-electron chi connectivity index (χ2n) is 4.46. The zero-order chi connectivity index (χ0) is 13.1. The van der Waals surface area contributed by atoms with Crippen molar-refractivity contribution in [2.75, 3.05) is 6.26 Å². The average Bonchev–Trinajstić information content (AvgIpc) is 2.79. The molecule has 0 spiro atoms. The molecule has 1 aromatic carbocycles. The molecular weight excluding hydrogens is 250 g/mol. The Kier molecular flexibility index (Phi) is 4.01. The Bertz CT molecular complexity index is 450. The lowest BCUT2D eigenvalue weighted by molar-refractivity contribution is 0.0935. The number of hydrogen-bond donors (Lipinski definition) is 3. The molecule has 1 amide bonds. The molecule has 1 saturated carbocycles. The topological polar surface area (TPSA) is 69.6 Å². The van der Waals surface area contributed by atoms with Crippen LogP contribution in [0.25, 0.3) is 0 Å². The molecular formula is C13H17NO3S. The quantitative estimate of drug-likeness (QED) is 0.734. The van der Waals surface area contributed by atoms with Gasteiger partial charge in [0.05, 0.1) is 5.56 Å². The van der Waals surface area contributed by atoms with Crippen molar-refractivity contribution in [3.8, 4) is 11.5 Å². The number of aromatic hydroxyl groups is 2. The summed E-state index contributed by atoms with van der Waals surface area (Å²) in [6.07, 6.45) is 5.23. The summed E-state index contributed by atoms with van der Waals surface area (Å²) >= 11 is 1.76. The van der Waals surface area contributed by atoms with Gasteiger partial charge in [0, 0.05) is 11.3 Å². The third kappa shape index (κ3) is 2.56. The number of nitrogens with one attached hydrogen (secondary N) is 1. The van der Waals surface area contributed by atoms with E-state index in [2.05, 4.69) is 5.32 Å². The lowest BCUT2D eigenvalue weighted by Gasteiger charge is -2.19. The Morgan fingerprint density at radius 3 is 2.89 bits per heavy atom. The highest BCUT2D eigenvalue weighted by Gasteiger charge is 2.28. The molecule has 1 aliphatic carbocycles. The van der Waals surface area contributed by atoms with Crippen LogP contribution in [0, 0.1) is 0 Å². The van der Waals surface area contributed by atoms with Crippen molar-refractivity contribution in [3.05, 3.63) is 23.8 Å². The zero-order valence-electron chi connectivity index (χ0n) is 10.2. The molecule has 4 nitrogen and oxygen atoms in total. The van der Waals surface area contributed by atoms with E-state index in [1.807, 2.05) is 6.26 Å². The fourth-order valence-corrected chi connectivity index (χ4v) is 3.27. The molecule has 98 valence electrons. The van der Waals surface area contributed by atoms with Gasteiger partial charge in [-0.05, 0) is 31.2 Å². The first-order valence-electron chi connectivity index (χ1n) is 5.98. The average molecular weight is 267 g/mol. The van der Waals surface area contributed by atoms with E-state index in [1.54, 1.807) is 17.8 Å². The van der Waals surface area contributed by atoms with Crippen molar-refractivity contribution in [2.24, 2.45) is 0 Å². The van der Waals surface area contributed by atoms with E-state index in [1.165, 1.54) is 12.1 Å². The number of thioether (sulfide) groups is 1. The van der Waals surface area contributed by atoms with E-state index >= 15 is 0 Å². The monoisotopic (exact) mass is 267 g/mol. The lowest BCUT2D eigenvalue weighted by Crippen LogP contribution is -2.38. The number of rotatable bonds is 3. The fraction of sp³-hybridized carbons (Fsp3) is 0.462. The van der Waals surface area contributed by atoms with Gasteiger partial charge < -0.3 is 15.5 Å². The molecule has 1 aliphatic rings. The molecule has 1 fully saturated rings. The highest BCUT2D eigenvalue weighted by atomic mass is 32.2. The highest BCUT2D eigenvalue weighted by Crippen LogP contribution is 2.31. The summed E-state index contributed by atoms with van der Waals surface area (Å²) in [4.78, 5) is 12.0. The maximum absolute atomic E-state index is 12.0. The molecule has 2 rings (SSSR count). The molecule has 0 heterocycles. The maximum Gasteiger partial charge on any atom is 0.255 e. The van der Waals surface area contributed by atoms with Crippen LogP contribution in [0.3, 0.4) is 0 Å². The number of carbonyl (C=O) groups excluding carboxylic acids is 1. The second-order valence-corrected chi connectivity index (χ2v) is 5.54. The smallest absolute Gasteiger partial charge is 0.255 e. The first-order valence-corrected chi connectivity index (χ1v) is 7.27. The first-order chi connectivity index (χ1) is 8.63. The Labute approximate surface area is 110 Å². The number of benzene rings is 1. The molecule has 3 N–H and O–H groups in total. The number of para-hydroxylation sites is 1. The summed E-state index contributed by atoms with van der Waals surface area (Å²) in [5, 5.41) is 22.4. The number of phenols is 2. The summed E-state index contributed by atoms with van der Waals surface area (Å²) in [6, 6.07) is 4.55. The van der Waals surface area contributed by atoms with Gasteiger partial charge in [-0.3, -0.25) is 4.79 Å². The molecule has 1 aromatic rings. The first kappa shape index (κ1) is 13.1. The van der Waals surface area contributed by atoms with Gasteiger partial charge in [0.1, 0.15) is 0 Å². The van der Waals surface area contributed by atoms with Crippen LogP contribution in [0.2, 0.25) is 0 Å². The largest absolute Gasteiger partial charge is 0.504 e. The number of phenolic OH excluding ortho intramolecular Hbond substituents is 2.